The van der Waals surface area contributed by atoms with Crippen molar-refractivity contribution in [2.75, 3.05) is 5.32 Å². The highest BCUT2D eigenvalue weighted by Gasteiger charge is 2.12. The zero-order chi connectivity index (χ0) is 14.7. The Kier molecular flexibility index (Phi) is 3.52. The summed E-state index contributed by atoms with van der Waals surface area (Å²) in [7, 11) is 0. The van der Waals surface area contributed by atoms with Crippen LogP contribution < -0.4 is 5.32 Å². The number of benzene rings is 1. The van der Waals surface area contributed by atoms with Crippen molar-refractivity contribution < 1.29 is 24.9 Å². The van der Waals surface area contributed by atoms with Crippen LogP contribution in [0.1, 0.15) is 20.7 Å². The fourth-order valence-corrected chi connectivity index (χ4v) is 1.52. The number of amides is 1. The average Bonchev–Trinajstić information content (AvgIpc) is 2.41. The van der Waals surface area contributed by atoms with E-state index in [0.29, 0.717) is 0 Å². The van der Waals surface area contributed by atoms with E-state index in [9.17, 15) is 19.8 Å². The number of anilines is 1. The van der Waals surface area contributed by atoms with Gasteiger partial charge in [0.25, 0.3) is 5.91 Å². The minimum Gasteiger partial charge on any atom is -0.506 e. The number of hydrogen-bond acceptors (Lipinski definition) is 5. The van der Waals surface area contributed by atoms with Crippen LogP contribution >= 0.6 is 0 Å². The molecule has 0 spiro atoms. The molecule has 0 atom stereocenters. The molecule has 0 saturated heterocycles. The van der Waals surface area contributed by atoms with Crippen molar-refractivity contribution in [3.8, 4) is 11.5 Å². The van der Waals surface area contributed by atoms with E-state index >= 15 is 0 Å². The predicted octanol–water partition coefficient (Wildman–Crippen LogP) is 1.44. The average molecular weight is 274 g/mol. The number of aromatic hydroxyl groups is 2. The number of rotatable bonds is 3. The summed E-state index contributed by atoms with van der Waals surface area (Å²) in [6.07, 6.45) is 2.40. The third kappa shape index (κ3) is 2.83. The number of carboxylic acid groups (broad SMARTS) is 1. The Balaban J connectivity index is 2.27. The largest absolute Gasteiger partial charge is 0.506 e. The van der Waals surface area contributed by atoms with Gasteiger partial charge in [-0.3, -0.25) is 9.78 Å². The lowest BCUT2D eigenvalue weighted by Gasteiger charge is -2.08. The zero-order valence-corrected chi connectivity index (χ0v) is 10.1. The first-order chi connectivity index (χ1) is 9.47. The standard InChI is InChI=1S/C13H10N2O5/c16-9-3-8(5-14-6-9)12(18)15-10-4-7(13(19)20)1-2-11(10)17/h1-6,16-17H,(H,15,18)(H,19,20). The summed E-state index contributed by atoms with van der Waals surface area (Å²) in [4.78, 5) is 26.4. The molecule has 20 heavy (non-hydrogen) atoms. The number of phenolic OH excluding ortho intramolecular Hbond substituents is 1. The van der Waals surface area contributed by atoms with Gasteiger partial charge in [-0.15, -0.1) is 0 Å². The maximum atomic E-state index is 11.9. The number of carbonyl (C=O) groups excluding carboxylic acids is 1. The first-order valence-electron chi connectivity index (χ1n) is 5.49. The number of aromatic carboxylic acids is 1. The first-order valence-corrected chi connectivity index (χ1v) is 5.49. The number of carboxylic acids is 1. The SMILES string of the molecule is O=C(O)c1ccc(O)c(NC(=O)c2cncc(O)c2)c1. The summed E-state index contributed by atoms with van der Waals surface area (Å²) in [5.41, 5.74) is -0.0458. The van der Waals surface area contributed by atoms with Crippen LogP contribution in [0.4, 0.5) is 5.69 Å². The Bertz CT molecular complexity index is 684. The molecule has 1 aromatic heterocycles. The maximum Gasteiger partial charge on any atom is 0.335 e. The molecule has 0 fully saturated rings. The van der Waals surface area contributed by atoms with Gasteiger partial charge in [-0.25, -0.2) is 4.79 Å². The molecule has 7 nitrogen and oxygen atoms in total. The van der Waals surface area contributed by atoms with Gasteiger partial charge in [-0.1, -0.05) is 0 Å². The lowest BCUT2D eigenvalue weighted by atomic mass is 10.1. The molecular formula is C13H10N2O5. The van der Waals surface area contributed by atoms with E-state index in [2.05, 4.69) is 10.3 Å². The van der Waals surface area contributed by atoms with Gasteiger partial charge in [-0.2, -0.15) is 0 Å². The molecule has 0 saturated carbocycles. The van der Waals surface area contributed by atoms with Crippen LogP contribution in [0.2, 0.25) is 0 Å². The third-order valence-electron chi connectivity index (χ3n) is 2.48. The van der Waals surface area contributed by atoms with Gasteiger partial charge in [0.05, 0.1) is 23.0 Å². The van der Waals surface area contributed by atoms with Gasteiger partial charge in [0.15, 0.2) is 0 Å². The molecule has 0 aliphatic heterocycles. The quantitative estimate of drug-likeness (QED) is 0.629. The molecule has 102 valence electrons. The molecule has 4 N–H and O–H groups in total. The van der Waals surface area contributed by atoms with Crippen LogP contribution in [-0.4, -0.2) is 32.2 Å². The summed E-state index contributed by atoms with van der Waals surface area (Å²) in [5.74, 6) is -2.26. The second-order valence-electron chi connectivity index (χ2n) is 3.92. The van der Waals surface area contributed by atoms with Crippen LogP contribution in [0.15, 0.2) is 36.7 Å². The summed E-state index contributed by atoms with van der Waals surface area (Å²) < 4.78 is 0. The highest BCUT2D eigenvalue weighted by Crippen LogP contribution is 2.25. The number of pyridine rings is 1. The molecule has 0 unspecified atom stereocenters. The molecular weight excluding hydrogens is 264 g/mol. The second kappa shape index (κ2) is 5.27. The van der Waals surface area contributed by atoms with Crippen LogP contribution in [0.3, 0.4) is 0 Å². The van der Waals surface area contributed by atoms with E-state index in [0.717, 1.165) is 6.07 Å². The highest BCUT2D eigenvalue weighted by molar-refractivity contribution is 6.05. The Morgan fingerprint density at radius 1 is 1.05 bits per heavy atom. The maximum absolute atomic E-state index is 11.9. The highest BCUT2D eigenvalue weighted by atomic mass is 16.4. The van der Waals surface area contributed by atoms with Crippen molar-refractivity contribution in [1.29, 1.82) is 0 Å². The summed E-state index contributed by atoms with van der Waals surface area (Å²) in [6, 6.07) is 4.70. The Labute approximate surface area is 113 Å². The molecule has 0 radical (unpaired) electrons. The minimum absolute atomic E-state index is 0.0433. The van der Waals surface area contributed by atoms with Crippen LogP contribution in [0.5, 0.6) is 11.5 Å². The third-order valence-corrected chi connectivity index (χ3v) is 2.48. The van der Waals surface area contributed by atoms with Crippen LogP contribution in [0.25, 0.3) is 0 Å². The monoisotopic (exact) mass is 274 g/mol. The van der Waals surface area contributed by atoms with E-state index in [1.54, 1.807) is 0 Å². The van der Waals surface area contributed by atoms with Crippen molar-refractivity contribution in [1.82, 2.24) is 4.98 Å². The summed E-state index contributed by atoms with van der Waals surface area (Å²) in [5, 5.41) is 30.0. The van der Waals surface area contributed by atoms with Crippen molar-refractivity contribution in [2.24, 2.45) is 0 Å². The molecule has 1 heterocycles. The fourth-order valence-electron chi connectivity index (χ4n) is 1.52. The number of carbonyl (C=O) groups is 2. The molecule has 2 rings (SSSR count). The zero-order valence-electron chi connectivity index (χ0n) is 10.1. The fraction of sp³-hybridized carbons (Fsp3) is 0. The predicted molar refractivity (Wildman–Crippen MR) is 68.9 cm³/mol. The lowest BCUT2D eigenvalue weighted by molar-refractivity contribution is 0.0696. The molecule has 1 amide bonds. The topological polar surface area (TPSA) is 120 Å². The molecule has 0 aliphatic carbocycles. The first kappa shape index (κ1) is 13.3. The van der Waals surface area contributed by atoms with Gasteiger partial charge < -0.3 is 20.6 Å². The number of phenols is 1. The lowest BCUT2D eigenvalue weighted by Crippen LogP contribution is -2.12. The van der Waals surface area contributed by atoms with E-state index in [-0.39, 0.29) is 28.3 Å². The number of nitrogens with zero attached hydrogens (tertiary/aromatic N) is 1. The molecule has 7 heteroatoms. The smallest absolute Gasteiger partial charge is 0.335 e. The van der Waals surface area contributed by atoms with E-state index in [1.807, 2.05) is 0 Å². The van der Waals surface area contributed by atoms with Crippen molar-refractivity contribution in [2.45, 2.75) is 0 Å². The van der Waals surface area contributed by atoms with Gasteiger partial charge in [-0.05, 0) is 24.3 Å². The van der Waals surface area contributed by atoms with E-state index in [4.69, 9.17) is 5.11 Å². The summed E-state index contributed by atoms with van der Waals surface area (Å²) in [6.45, 7) is 0. The van der Waals surface area contributed by atoms with Crippen molar-refractivity contribution >= 4 is 17.6 Å². The molecule has 0 aliphatic rings. The van der Waals surface area contributed by atoms with E-state index in [1.165, 1.54) is 30.6 Å². The Morgan fingerprint density at radius 3 is 2.45 bits per heavy atom. The molecule has 0 bridgehead atoms. The number of hydrogen-bond donors (Lipinski definition) is 4. The molecule has 1 aromatic carbocycles. The number of nitrogens with one attached hydrogen (secondary N) is 1. The second-order valence-corrected chi connectivity index (χ2v) is 3.92. The van der Waals surface area contributed by atoms with Gasteiger partial charge >= 0.3 is 5.97 Å². The van der Waals surface area contributed by atoms with Crippen molar-refractivity contribution in [3.05, 3.63) is 47.8 Å². The minimum atomic E-state index is -1.18. The molecule has 2 aromatic rings. The van der Waals surface area contributed by atoms with Gasteiger partial charge in [0.1, 0.15) is 11.5 Å². The normalized spacial score (nSPS) is 10.0. The van der Waals surface area contributed by atoms with Crippen molar-refractivity contribution in [3.63, 3.8) is 0 Å². The summed E-state index contributed by atoms with van der Waals surface area (Å²) >= 11 is 0. The Morgan fingerprint density at radius 2 is 1.80 bits per heavy atom. The van der Waals surface area contributed by atoms with E-state index < -0.39 is 11.9 Å². The van der Waals surface area contributed by atoms with Gasteiger partial charge in [0.2, 0.25) is 0 Å². The number of aromatic nitrogens is 1. The van der Waals surface area contributed by atoms with Gasteiger partial charge in [0, 0.05) is 6.20 Å². The van der Waals surface area contributed by atoms with Crippen LogP contribution in [0, 0.1) is 0 Å². The Hall–Kier alpha value is -3.09. The van der Waals surface area contributed by atoms with Crippen LogP contribution in [-0.2, 0) is 0 Å².